The first-order valence-electron chi connectivity index (χ1n) is 7.90. The van der Waals surface area contributed by atoms with Crippen LogP contribution in [0.25, 0.3) is 0 Å². The first-order chi connectivity index (χ1) is 9.74. The molecule has 5 heteroatoms. The van der Waals surface area contributed by atoms with Crippen LogP contribution in [0.3, 0.4) is 0 Å². The molecule has 3 atom stereocenters. The molecular weight excluding hydrogens is 399 g/mol. The van der Waals surface area contributed by atoms with E-state index in [1.54, 1.807) is 10.8 Å². The molecule has 23 heavy (non-hydrogen) atoms. The summed E-state index contributed by atoms with van der Waals surface area (Å²) in [5.41, 5.74) is 2.72. The maximum atomic E-state index is 2.56. The second-order valence-corrected chi connectivity index (χ2v) is 9.93. The normalized spacial score (nSPS) is 28.4. The fourth-order valence-corrected chi connectivity index (χ4v) is 8.07. The van der Waals surface area contributed by atoms with Crippen LogP contribution in [0.4, 0.5) is 0 Å². The maximum Gasteiger partial charge on any atom is -1.00 e. The van der Waals surface area contributed by atoms with Crippen LogP contribution < -0.4 is 42.4 Å². The van der Waals surface area contributed by atoms with Gasteiger partial charge in [-0.05, 0) is 0 Å². The van der Waals surface area contributed by atoms with E-state index in [1.165, 1.54) is 25.7 Å². The molecule has 0 radical (unpaired) electrons. The number of rotatable bonds is 4. The molecule has 1 aromatic carbocycles. The van der Waals surface area contributed by atoms with Crippen molar-refractivity contribution >= 4 is 14.7 Å². The van der Waals surface area contributed by atoms with Gasteiger partial charge < -0.3 is 37.2 Å². The first kappa shape index (κ1) is 23.5. The Morgan fingerprint density at radius 2 is 1.87 bits per heavy atom. The number of allylic oxidation sites excluding steroid dienone is 4. The monoisotopic (exact) mass is 420 g/mol. The molecule has 1 fully saturated rings. The molecule has 0 amide bonds. The van der Waals surface area contributed by atoms with Crippen molar-refractivity contribution in [2.45, 2.75) is 41.9 Å². The van der Waals surface area contributed by atoms with Gasteiger partial charge >= 0.3 is 137 Å². The molecule has 0 aliphatic heterocycles. The van der Waals surface area contributed by atoms with Crippen molar-refractivity contribution in [2.75, 3.05) is 0 Å². The Kier molecular flexibility index (Phi) is 10.7. The number of hydrogen-bond acceptors (Lipinski definition) is 0. The van der Waals surface area contributed by atoms with Gasteiger partial charge in [0, 0.05) is 0 Å². The number of fused-ring (bicyclic) bond motifs is 1. The van der Waals surface area contributed by atoms with Crippen molar-refractivity contribution in [1.29, 1.82) is 0 Å². The second-order valence-electron chi connectivity index (χ2n) is 6.33. The first-order valence-corrected chi connectivity index (χ1v) is 10.2. The minimum absolute atomic E-state index is 0. The summed E-state index contributed by atoms with van der Waals surface area (Å²) >= 11 is 2.56. The second kappa shape index (κ2) is 10.5. The van der Waals surface area contributed by atoms with Crippen molar-refractivity contribution < 1.29 is 57.7 Å². The van der Waals surface area contributed by atoms with Gasteiger partial charge in [0.05, 0.1) is 0 Å². The van der Waals surface area contributed by atoms with Gasteiger partial charge in [-0.3, -0.25) is 0 Å². The molecule has 1 aromatic rings. The summed E-state index contributed by atoms with van der Waals surface area (Å²) in [6.07, 6.45) is 12.5. The Balaban J connectivity index is 0.00000161. The quantitative estimate of drug-likeness (QED) is 0.426. The van der Waals surface area contributed by atoms with Crippen LogP contribution in [-0.4, -0.2) is 9.52 Å². The maximum absolute atomic E-state index is 2.56. The van der Waals surface area contributed by atoms with Gasteiger partial charge in [-0.2, -0.15) is 0 Å². The zero-order valence-electron chi connectivity index (χ0n) is 13.4. The van der Waals surface area contributed by atoms with Gasteiger partial charge in [-0.1, -0.05) is 0 Å². The Labute approximate surface area is 173 Å². The summed E-state index contributed by atoms with van der Waals surface area (Å²) in [7, 11) is -0.183. The van der Waals surface area contributed by atoms with E-state index in [0.29, 0.717) is 3.72 Å². The molecule has 0 bridgehead atoms. The largest absolute Gasteiger partial charge is 1.00 e. The van der Waals surface area contributed by atoms with Crippen LogP contribution in [0, 0.1) is 5.92 Å². The Morgan fingerprint density at radius 1 is 1.17 bits per heavy atom. The van der Waals surface area contributed by atoms with E-state index in [2.05, 4.69) is 75.9 Å². The third-order valence-corrected chi connectivity index (χ3v) is 9.60. The third kappa shape index (κ3) is 5.00. The summed E-state index contributed by atoms with van der Waals surface area (Å²) in [6, 6.07) is 11.3. The van der Waals surface area contributed by atoms with Crippen LogP contribution in [0.15, 0.2) is 54.1 Å². The van der Waals surface area contributed by atoms with Crippen LogP contribution >= 0.6 is 0 Å². The minimum atomic E-state index is -0.183. The van der Waals surface area contributed by atoms with E-state index in [1.807, 2.05) is 0 Å². The molecular formula is C18H23Cl3SiTi. The van der Waals surface area contributed by atoms with Gasteiger partial charge in [-0.15, -0.1) is 0 Å². The van der Waals surface area contributed by atoms with Gasteiger partial charge in [0.2, 0.25) is 0 Å². The van der Waals surface area contributed by atoms with E-state index in [0.717, 1.165) is 11.5 Å². The van der Waals surface area contributed by atoms with E-state index in [4.69, 9.17) is 0 Å². The molecule has 124 valence electrons. The molecule has 0 saturated heterocycles. The molecule has 0 N–H and O–H groups in total. The van der Waals surface area contributed by atoms with E-state index >= 15 is 0 Å². The van der Waals surface area contributed by atoms with Gasteiger partial charge in [0.1, 0.15) is 0 Å². The van der Waals surface area contributed by atoms with Crippen molar-refractivity contribution in [3.63, 3.8) is 0 Å². The summed E-state index contributed by atoms with van der Waals surface area (Å²) in [5.74, 6) is 0.845. The average Bonchev–Trinajstić information content (AvgIpc) is 2.74. The molecule has 0 nitrogen and oxygen atoms in total. The Bertz CT molecular complexity index is 532. The van der Waals surface area contributed by atoms with Crippen LogP contribution in [-0.2, 0) is 20.4 Å². The smallest absolute Gasteiger partial charge is 1.00 e. The molecule has 1 saturated carbocycles. The summed E-state index contributed by atoms with van der Waals surface area (Å²) < 4.78 is 0.478. The average molecular weight is 422 g/mol. The number of benzene rings is 1. The zero-order valence-corrected chi connectivity index (χ0v) is 18.7. The predicted molar refractivity (Wildman–Crippen MR) is 85.9 cm³/mol. The van der Waals surface area contributed by atoms with Crippen molar-refractivity contribution in [3.8, 4) is 0 Å². The molecule has 2 aliphatic carbocycles. The number of hydrogen-bond donors (Lipinski definition) is 0. The summed E-state index contributed by atoms with van der Waals surface area (Å²) in [4.78, 5) is 0. The molecule has 3 rings (SSSR count). The fourth-order valence-electron chi connectivity index (χ4n) is 4.09. The zero-order chi connectivity index (χ0) is 14.0. The SMILES string of the molecule is CCC[C]1([Ti+3])C2=CC=CCC2CC1[SiH2]c1ccccc1.[Cl-].[Cl-].[Cl-]. The molecule has 0 heterocycles. The van der Waals surface area contributed by atoms with Crippen LogP contribution in [0.5, 0.6) is 0 Å². The Morgan fingerprint density at radius 3 is 2.52 bits per heavy atom. The fraction of sp³-hybridized carbons (Fsp3) is 0.444. The summed E-state index contributed by atoms with van der Waals surface area (Å²) in [6.45, 7) is 2.35. The van der Waals surface area contributed by atoms with E-state index < -0.39 is 0 Å². The Hall–Kier alpha value is 0.501. The predicted octanol–water partition coefficient (Wildman–Crippen LogP) is -5.31. The van der Waals surface area contributed by atoms with Gasteiger partial charge in [-0.25, -0.2) is 0 Å². The molecule has 0 spiro atoms. The van der Waals surface area contributed by atoms with Crippen molar-refractivity contribution in [2.24, 2.45) is 5.92 Å². The van der Waals surface area contributed by atoms with Crippen LogP contribution in [0.1, 0.15) is 32.6 Å². The van der Waals surface area contributed by atoms with E-state index in [-0.39, 0.29) is 46.7 Å². The van der Waals surface area contributed by atoms with Crippen molar-refractivity contribution in [1.82, 2.24) is 0 Å². The van der Waals surface area contributed by atoms with E-state index in [9.17, 15) is 0 Å². The van der Waals surface area contributed by atoms with Crippen molar-refractivity contribution in [3.05, 3.63) is 54.1 Å². The van der Waals surface area contributed by atoms with Crippen LogP contribution in [0.2, 0.25) is 9.26 Å². The number of halogens is 3. The summed E-state index contributed by atoms with van der Waals surface area (Å²) in [5, 5.41) is 1.65. The molecule has 3 unspecified atom stereocenters. The third-order valence-electron chi connectivity index (χ3n) is 5.02. The van der Waals surface area contributed by atoms with Gasteiger partial charge in [0.15, 0.2) is 0 Å². The standard InChI is InChI=1S/C18H23Si.3ClH.Ti/c1-2-8-17-16-12-7-6-9-14(16)13-18(17)19-15-10-4-3-5-11-15;;;;/h3-7,10-12,14,18H,2,8-9,13,19H2,1H3;3*1H;/q;;;;+3/p-3. The minimum Gasteiger partial charge on any atom is -1.00 e. The molecule has 2 aliphatic rings. The van der Waals surface area contributed by atoms with Gasteiger partial charge in [0.25, 0.3) is 0 Å². The topological polar surface area (TPSA) is 0 Å². The molecule has 0 aromatic heterocycles.